The highest BCUT2D eigenvalue weighted by molar-refractivity contribution is 5.39. The lowest BCUT2D eigenvalue weighted by Crippen LogP contribution is -2.36. The van der Waals surface area contributed by atoms with Crippen LogP contribution in [-0.4, -0.2) is 29.2 Å². The van der Waals surface area contributed by atoms with E-state index in [2.05, 4.69) is 9.97 Å². The van der Waals surface area contributed by atoms with Crippen molar-refractivity contribution in [2.75, 3.05) is 18.0 Å². The van der Waals surface area contributed by atoms with E-state index in [1.165, 1.54) is 6.33 Å². The van der Waals surface area contributed by atoms with Gasteiger partial charge in [-0.15, -0.1) is 0 Å². The second kappa shape index (κ2) is 3.90. The number of nitrogens with zero attached hydrogens (tertiary/aromatic N) is 3. The van der Waals surface area contributed by atoms with Gasteiger partial charge in [0.2, 0.25) is 0 Å². The van der Waals surface area contributed by atoms with Crippen LogP contribution in [0.15, 0.2) is 12.4 Å². The Hall–Kier alpha value is -1.19. The van der Waals surface area contributed by atoms with Gasteiger partial charge in [-0.2, -0.15) is 0 Å². The summed E-state index contributed by atoms with van der Waals surface area (Å²) in [4.78, 5) is 10.2. The van der Waals surface area contributed by atoms with E-state index in [1.54, 1.807) is 0 Å². The van der Waals surface area contributed by atoms with E-state index in [1.807, 2.05) is 17.9 Å². The number of rotatable bonds is 1. The molecule has 0 aliphatic carbocycles. The summed E-state index contributed by atoms with van der Waals surface area (Å²) in [5.74, 6) is 0.847. The molecule has 1 aliphatic rings. The number of anilines is 1. The van der Waals surface area contributed by atoms with Crippen LogP contribution in [0.2, 0.25) is 0 Å². The van der Waals surface area contributed by atoms with Gasteiger partial charge < -0.3 is 4.90 Å². The molecular formula is C10H14FN3. The number of piperidine rings is 1. The Balaban J connectivity index is 2.14. The van der Waals surface area contributed by atoms with Crippen LogP contribution < -0.4 is 4.90 Å². The Morgan fingerprint density at radius 1 is 1.50 bits per heavy atom. The van der Waals surface area contributed by atoms with Crippen molar-refractivity contribution in [2.45, 2.75) is 25.9 Å². The fourth-order valence-corrected chi connectivity index (χ4v) is 1.75. The molecule has 2 heterocycles. The van der Waals surface area contributed by atoms with E-state index >= 15 is 0 Å². The second-order valence-electron chi connectivity index (χ2n) is 3.70. The summed E-state index contributed by atoms with van der Waals surface area (Å²) in [6.45, 7) is 3.29. The van der Waals surface area contributed by atoms with Gasteiger partial charge in [-0.1, -0.05) is 0 Å². The smallest absolute Gasteiger partial charge is 0.132 e. The third-order valence-electron chi connectivity index (χ3n) is 2.48. The van der Waals surface area contributed by atoms with Gasteiger partial charge in [0.15, 0.2) is 0 Å². The molecule has 1 atom stereocenters. The van der Waals surface area contributed by atoms with Crippen molar-refractivity contribution >= 4 is 5.82 Å². The first-order chi connectivity index (χ1) is 6.75. The van der Waals surface area contributed by atoms with Crippen LogP contribution in [0.5, 0.6) is 0 Å². The molecule has 14 heavy (non-hydrogen) atoms. The Bertz CT molecular complexity index is 316. The lowest BCUT2D eigenvalue weighted by atomic mass is 10.1. The molecule has 0 radical (unpaired) electrons. The molecule has 1 saturated heterocycles. The molecule has 0 saturated carbocycles. The van der Waals surface area contributed by atoms with Gasteiger partial charge in [-0.25, -0.2) is 14.4 Å². The quantitative estimate of drug-likeness (QED) is 0.683. The SMILES string of the molecule is Cc1cc(N2CCC[C@H](F)C2)ncn1. The van der Waals surface area contributed by atoms with Crippen molar-refractivity contribution in [3.63, 3.8) is 0 Å². The minimum atomic E-state index is -0.709. The van der Waals surface area contributed by atoms with Crippen LogP contribution in [-0.2, 0) is 0 Å². The molecule has 0 unspecified atom stereocenters. The molecule has 0 bridgehead atoms. The Morgan fingerprint density at radius 2 is 2.36 bits per heavy atom. The molecule has 76 valence electrons. The number of aromatic nitrogens is 2. The van der Waals surface area contributed by atoms with E-state index in [0.29, 0.717) is 13.0 Å². The molecule has 0 spiro atoms. The molecule has 1 aliphatic heterocycles. The average molecular weight is 195 g/mol. The topological polar surface area (TPSA) is 29.0 Å². The standard InChI is InChI=1S/C10H14FN3/c1-8-5-10(13-7-12-8)14-4-2-3-9(11)6-14/h5,7,9H,2-4,6H2,1H3/t9-/m0/s1. The van der Waals surface area contributed by atoms with Crippen molar-refractivity contribution in [1.29, 1.82) is 0 Å². The number of aryl methyl sites for hydroxylation is 1. The molecule has 1 fully saturated rings. The van der Waals surface area contributed by atoms with Gasteiger partial charge in [0.25, 0.3) is 0 Å². The van der Waals surface area contributed by atoms with E-state index in [9.17, 15) is 4.39 Å². The van der Waals surface area contributed by atoms with E-state index in [4.69, 9.17) is 0 Å². The molecule has 4 heteroatoms. The van der Waals surface area contributed by atoms with Crippen molar-refractivity contribution in [1.82, 2.24) is 9.97 Å². The van der Waals surface area contributed by atoms with Crippen LogP contribution >= 0.6 is 0 Å². The zero-order valence-electron chi connectivity index (χ0n) is 8.28. The molecule has 0 N–H and O–H groups in total. The van der Waals surface area contributed by atoms with Crippen molar-refractivity contribution in [2.24, 2.45) is 0 Å². The first kappa shape index (κ1) is 9.37. The number of halogens is 1. The van der Waals surface area contributed by atoms with Gasteiger partial charge in [0.05, 0.1) is 6.54 Å². The summed E-state index contributed by atoms with van der Waals surface area (Å²) in [6.07, 6.45) is 2.41. The molecule has 1 aromatic rings. The second-order valence-corrected chi connectivity index (χ2v) is 3.70. The lowest BCUT2D eigenvalue weighted by molar-refractivity contribution is 0.286. The highest BCUT2D eigenvalue weighted by Crippen LogP contribution is 2.19. The number of hydrogen-bond donors (Lipinski definition) is 0. The molecule has 0 aromatic carbocycles. The minimum absolute atomic E-state index is 0.469. The summed E-state index contributed by atoms with van der Waals surface area (Å²) in [7, 11) is 0. The third-order valence-corrected chi connectivity index (χ3v) is 2.48. The first-order valence-corrected chi connectivity index (χ1v) is 4.93. The minimum Gasteiger partial charge on any atom is -0.354 e. The zero-order chi connectivity index (χ0) is 9.97. The van der Waals surface area contributed by atoms with E-state index in [-0.39, 0.29) is 0 Å². The van der Waals surface area contributed by atoms with Crippen molar-refractivity contribution < 1.29 is 4.39 Å². The predicted molar refractivity (Wildman–Crippen MR) is 53.1 cm³/mol. The molecular weight excluding hydrogens is 181 g/mol. The van der Waals surface area contributed by atoms with Crippen LogP contribution in [0, 0.1) is 6.92 Å². The van der Waals surface area contributed by atoms with Gasteiger partial charge in [0, 0.05) is 18.3 Å². The van der Waals surface area contributed by atoms with Gasteiger partial charge in [0.1, 0.15) is 18.3 Å². The van der Waals surface area contributed by atoms with E-state index < -0.39 is 6.17 Å². The summed E-state index contributed by atoms with van der Waals surface area (Å²) in [6, 6.07) is 1.90. The molecule has 2 rings (SSSR count). The maximum Gasteiger partial charge on any atom is 0.132 e. The highest BCUT2D eigenvalue weighted by Gasteiger charge is 2.19. The maximum atomic E-state index is 13.1. The van der Waals surface area contributed by atoms with E-state index in [0.717, 1.165) is 24.5 Å². The van der Waals surface area contributed by atoms with Crippen LogP contribution in [0.25, 0.3) is 0 Å². The first-order valence-electron chi connectivity index (χ1n) is 4.93. The third kappa shape index (κ3) is 2.00. The average Bonchev–Trinajstić information content (AvgIpc) is 2.18. The summed E-state index contributed by atoms with van der Waals surface area (Å²) in [5, 5.41) is 0. The maximum absolute atomic E-state index is 13.1. The summed E-state index contributed by atoms with van der Waals surface area (Å²) >= 11 is 0. The summed E-state index contributed by atoms with van der Waals surface area (Å²) < 4.78 is 13.1. The lowest BCUT2D eigenvalue weighted by Gasteiger charge is -2.29. The van der Waals surface area contributed by atoms with Crippen LogP contribution in [0.1, 0.15) is 18.5 Å². The molecule has 3 nitrogen and oxygen atoms in total. The fraction of sp³-hybridized carbons (Fsp3) is 0.600. The van der Waals surface area contributed by atoms with Crippen molar-refractivity contribution in [3.05, 3.63) is 18.1 Å². The van der Waals surface area contributed by atoms with Crippen LogP contribution in [0.4, 0.5) is 10.2 Å². The number of alkyl halides is 1. The molecule has 0 amide bonds. The Kier molecular flexibility index (Phi) is 2.61. The Morgan fingerprint density at radius 3 is 3.07 bits per heavy atom. The number of hydrogen-bond acceptors (Lipinski definition) is 3. The molecule has 1 aromatic heterocycles. The predicted octanol–water partition coefficient (Wildman–Crippen LogP) is 1.72. The zero-order valence-corrected chi connectivity index (χ0v) is 8.28. The van der Waals surface area contributed by atoms with Gasteiger partial charge in [-0.05, 0) is 19.8 Å². The monoisotopic (exact) mass is 195 g/mol. The Labute approximate surface area is 83.0 Å². The van der Waals surface area contributed by atoms with Gasteiger partial charge in [-0.3, -0.25) is 0 Å². The largest absolute Gasteiger partial charge is 0.354 e. The van der Waals surface area contributed by atoms with Gasteiger partial charge >= 0.3 is 0 Å². The highest BCUT2D eigenvalue weighted by atomic mass is 19.1. The normalized spacial score (nSPS) is 22.4. The summed E-state index contributed by atoms with van der Waals surface area (Å²) in [5.41, 5.74) is 0.927. The van der Waals surface area contributed by atoms with Crippen molar-refractivity contribution in [3.8, 4) is 0 Å². The fourth-order valence-electron chi connectivity index (χ4n) is 1.75. The van der Waals surface area contributed by atoms with Crippen LogP contribution in [0.3, 0.4) is 0 Å².